The molecule has 0 radical (unpaired) electrons. The summed E-state index contributed by atoms with van der Waals surface area (Å²) in [7, 11) is 0. The SMILES string of the molecule is CSCCC(NC(N)=O)C(=O)NCC1(O)CCC1. The van der Waals surface area contributed by atoms with Gasteiger partial charge in [0.25, 0.3) is 0 Å². The topological polar surface area (TPSA) is 104 Å². The summed E-state index contributed by atoms with van der Waals surface area (Å²) in [6.45, 7) is 0.238. The fourth-order valence-corrected chi connectivity index (χ4v) is 2.28. The number of primary amides is 1. The quantitative estimate of drug-likeness (QED) is 0.517. The molecule has 6 nitrogen and oxygen atoms in total. The third-order valence-corrected chi connectivity index (χ3v) is 3.76. The maximum Gasteiger partial charge on any atom is 0.312 e. The van der Waals surface area contributed by atoms with Crippen molar-refractivity contribution in [3.05, 3.63) is 0 Å². The first-order chi connectivity index (χ1) is 8.47. The predicted molar refractivity (Wildman–Crippen MR) is 71.3 cm³/mol. The zero-order chi connectivity index (χ0) is 13.6. The number of hydrogen-bond acceptors (Lipinski definition) is 4. The molecule has 0 spiro atoms. The highest BCUT2D eigenvalue weighted by molar-refractivity contribution is 7.98. The Kier molecular flexibility index (Phi) is 5.74. The average Bonchev–Trinajstić information content (AvgIpc) is 2.28. The van der Waals surface area contributed by atoms with Gasteiger partial charge in [-0.15, -0.1) is 0 Å². The van der Waals surface area contributed by atoms with Gasteiger partial charge in [0.1, 0.15) is 6.04 Å². The highest BCUT2D eigenvalue weighted by atomic mass is 32.2. The number of carbonyl (C=O) groups excluding carboxylic acids is 2. The van der Waals surface area contributed by atoms with Crippen molar-refractivity contribution in [2.24, 2.45) is 5.73 Å². The number of nitrogens with two attached hydrogens (primary N) is 1. The number of carbonyl (C=O) groups is 2. The minimum absolute atomic E-state index is 0.238. The number of urea groups is 1. The van der Waals surface area contributed by atoms with Crippen LogP contribution >= 0.6 is 11.8 Å². The molecule has 0 aliphatic heterocycles. The van der Waals surface area contributed by atoms with Crippen LogP contribution in [-0.4, -0.2) is 47.2 Å². The highest BCUT2D eigenvalue weighted by Gasteiger charge is 2.35. The van der Waals surface area contributed by atoms with E-state index in [1.54, 1.807) is 11.8 Å². The van der Waals surface area contributed by atoms with Crippen molar-refractivity contribution in [3.63, 3.8) is 0 Å². The first-order valence-corrected chi connectivity index (χ1v) is 7.41. The summed E-state index contributed by atoms with van der Waals surface area (Å²) < 4.78 is 0. The molecule has 0 saturated heterocycles. The normalized spacial score (nSPS) is 18.6. The van der Waals surface area contributed by atoms with Crippen LogP contribution in [0, 0.1) is 0 Å². The molecule has 0 aromatic carbocycles. The molecular weight excluding hydrogens is 254 g/mol. The van der Waals surface area contributed by atoms with Crippen molar-refractivity contribution in [2.75, 3.05) is 18.6 Å². The van der Waals surface area contributed by atoms with Crippen molar-refractivity contribution < 1.29 is 14.7 Å². The van der Waals surface area contributed by atoms with E-state index in [2.05, 4.69) is 10.6 Å². The Labute approximate surface area is 111 Å². The van der Waals surface area contributed by atoms with E-state index in [9.17, 15) is 14.7 Å². The summed E-state index contributed by atoms with van der Waals surface area (Å²) in [4.78, 5) is 22.7. The van der Waals surface area contributed by atoms with Gasteiger partial charge >= 0.3 is 6.03 Å². The molecule has 18 heavy (non-hydrogen) atoms. The molecule has 1 fully saturated rings. The average molecular weight is 275 g/mol. The summed E-state index contributed by atoms with van der Waals surface area (Å²) in [5.41, 5.74) is 4.28. The van der Waals surface area contributed by atoms with Gasteiger partial charge in [0.15, 0.2) is 0 Å². The van der Waals surface area contributed by atoms with E-state index >= 15 is 0 Å². The van der Waals surface area contributed by atoms with Crippen LogP contribution in [0.15, 0.2) is 0 Å². The van der Waals surface area contributed by atoms with E-state index in [1.807, 2.05) is 6.26 Å². The minimum atomic E-state index is -0.758. The largest absolute Gasteiger partial charge is 0.388 e. The van der Waals surface area contributed by atoms with Crippen LogP contribution in [-0.2, 0) is 4.79 Å². The summed E-state index contributed by atoms with van der Waals surface area (Å²) in [6, 6.07) is -1.34. The van der Waals surface area contributed by atoms with Crippen LogP contribution in [0.5, 0.6) is 0 Å². The molecule has 0 aromatic rings. The molecule has 1 atom stereocenters. The van der Waals surface area contributed by atoms with Gasteiger partial charge in [-0.05, 0) is 37.7 Å². The lowest BCUT2D eigenvalue weighted by atomic mass is 9.80. The van der Waals surface area contributed by atoms with Crippen LogP contribution in [0.2, 0.25) is 0 Å². The first-order valence-electron chi connectivity index (χ1n) is 6.02. The molecule has 104 valence electrons. The molecule has 0 bridgehead atoms. The molecule has 1 unspecified atom stereocenters. The fraction of sp³-hybridized carbons (Fsp3) is 0.818. The Bertz CT molecular complexity index is 308. The minimum Gasteiger partial charge on any atom is -0.388 e. The summed E-state index contributed by atoms with van der Waals surface area (Å²) in [5.74, 6) is 0.464. The number of hydrogen-bond donors (Lipinski definition) is 4. The smallest absolute Gasteiger partial charge is 0.312 e. The summed E-state index contributed by atoms with van der Waals surface area (Å²) in [6.07, 6.45) is 4.87. The molecule has 1 aliphatic rings. The van der Waals surface area contributed by atoms with Crippen LogP contribution in [0.3, 0.4) is 0 Å². The van der Waals surface area contributed by atoms with E-state index in [1.165, 1.54) is 0 Å². The van der Waals surface area contributed by atoms with Crippen molar-refractivity contribution in [1.29, 1.82) is 0 Å². The Morgan fingerprint density at radius 3 is 2.61 bits per heavy atom. The maximum absolute atomic E-state index is 11.9. The lowest BCUT2D eigenvalue weighted by molar-refractivity contribution is -0.125. The number of amides is 3. The van der Waals surface area contributed by atoms with Gasteiger partial charge in [-0.25, -0.2) is 4.79 Å². The predicted octanol–water partition coefficient (Wildman–Crippen LogP) is -0.192. The van der Waals surface area contributed by atoms with Crippen molar-refractivity contribution in [1.82, 2.24) is 10.6 Å². The molecular formula is C11H21N3O3S. The second-order valence-corrected chi connectivity index (χ2v) is 5.62. The summed E-state index contributed by atoms with van der Waals surface area (Å²) in [5, 5.41) is 15.0. The number of rotatable bonds is 7. The van der Waals surface area contributed by atoms with E-state index in [0.29, 0.717) is 19.3 Å². The Morgan fingerprint density at radius 2 is 2.17 bits per heavy atom. The third kappa shape index (κ3) is 4.73. The molecule has 1 saturated carbocycles. The highest BCUT2D eigenvalue weighted by Crippen LogP contribution is 2.30. The van der Waals surface area contributed by atoms with Gasteiger partial charge in [0.05, 0.1) is 5.60 Å². The molecule has 1 rings (SSSR count). The standard InChI is InChI=1S/C11H21N3O3S/c1-18-6-3-8(14-10(12)16)9(15)13-7-11(17)4-2-5-11/h8,17H,2-7H2,1H3,(H,13,15)(H3,12,14,16). The molecule has 3 amide bonds. The molecule has 5 N–H and O–H groups in total. The lowest BCUT2D eigenvalue weighted by Crippen LogP contribution is -2.54. The van der Waals surface area contributed by atoms with E-state index < -0.39 is 17.7 Å². The van der Waals surface area contributed by atoms with E-state index in [-0.39, 0.29) is 12.5 Å². The van der Waals surface area contributed by atoms with Crippen LogP contribution in [0.4, 0.5) is 4.79 Å². The maximum atomic E-state index is 11.9. The summed E-state index contributed by atoms with van der Waals surface area (Å²) >= 11 is 1.59. The van der Waals surface area contributed by atoms with Crippen molar-refractivity contribution >= 4 is 23.7 Å². The molecule has 7 heteroatoms. The van der Waals surface area contributed by atoms with Crippen LogP contribution in [0.1, 0.15) is 25.7 Å². The Morgan fingerprint density at radius 1 is 1.50 bits per heavy atom. The van der Waals surface area contributed by atoms with Gasteiger partial charge in [-0.3, -0.25) is 4.79 Å². The van der Waals surface area contributed by atoms with Gasteiger partial charge in [0.2, 0.25) is 5.91 Å². The zero-order valence-corrected chi connectivity index (χ0v) is 11.4. The Balaban J connectivity index is 2.39. The van der Waals surface area contributed by atoms with Gasteiger partial charge in [0, 0.05) is 6.54 Å². The van der Waals surface area contributed by atoms with Gasteiger partial charge in [-0.2, -0.15) is 11.8 Å². The molecule has 1 aliphatic carbocycles. The first kappa shape index (κ1) is 15.1. The van der Waals surface area contributed by atoms with Crippen molar-refractivity contribution in [3.8, 4) is 0 Å². The fourth-order valence-electron chi connectivity index (χ4n) is 1.81. The second kappa shape index (κ2) is 6.84. The number of aliphatic hydroxyl groups is 1. The third-order valence-electron chi connectivity index (χ3n) is 3.12. The van der Waals surface area contributed by atoms with Gasteiger partial charge < -0.3 is 21.5 Å². The van der Waals surface area contributed by atoms with Crippen LogP contribution in [0.25, 0.3) is 0 Å². The van der Waals surface area contributed by atoms with Gasteiger partial charge in [-0.1, -0.05) is 0 Å². The van der Waals surface area contributed by atoms with Crippen molar-refractivity contribution in [2.45, 2.75) is 37.3 Å². The monoisotopic (exact) mass is 275 g/mol. The lowest BCUT2D eigenvalue weighted by Gasteiger charge is -2.36. The number of nitrogens with one attached hydrogen (secondary N) is 2. The zero-order valence-electron chi connectivity index (χ0n) is 10.6. The molecule has 0 aromatic heterocycles. The Hall–Kier alpha value is -0.950. The van der Waals surface area contributed by atoms with E-state index in [0.717, 1.165) is 12.2 Å². The molecule has 0 heterocycles. The van der Waals surface area contributed by atoms with E-state index in [4.69, 9.17) is 5.73 Å². The van der Waals surface area contributed by atoms with Crippen LogP contribution < -0.4 is 16.4 Å². The second-order valence-electron chi connectivity index (χ2n) is 4.64. The number of thioether (sulfide) groups is 1.